The first-order chi connectivity index (χ1) is 10.3. The van der Waals surface area contributed by atoms with Crippen molar-refractivity contribution in [3.05, 3.63) is 60.3 Å². The van der Waals surface area contributed by atoms with E-state index in [0.29, 0.717) is 22.4 Å². The number of rotatable bonds is 5. The maximum atomic E-state index is 5.84. The highest BCUT2D eigenvalue weighted by atomic mass is 35.5. The molecule has 0 fully saturated rings. The molecule has 21 heavy (non-hydrogen) atoms. The van der Waals surface area contributed by atoms with E-state index in [9.17, 15) is 0 Å². The van der Waals surface area contributed by atoms with Crippen molar-refractivity contribution in [2.75, 3.05) is 5.75 Å². The third-order valence-corrected chi connectivity index (χ3v) is 4.05. The molecule has 0 unspecified atom stereocenters. The Kier molecular flexibility index (Phi) is 4.13. The fourth-order valence-corrected chi connectivity index (χ4v) is 2.75. The lowest BCUT2D eigenvalue weighted by atomic mass is 10.3. The normalized spacial score (nSPS) is 10.7. The van der Waals surface area contributed by atoms with E-state index in [2.05, 4.69) is 16.8 Å². The zero-order valence-corrected chi connectivity index (χ0v) is 12.6. The predicted octanol–water partition coefficient (Wildman–Crippen LogP) is 4.37. The third-order valence-electron chi connectivity index (χ3n) is 2.75. The van der Waals surface area contributed by atoms with Gasteiger partial charge in [-0.25, -0.2) is 0 Å². The topological polar surface area (TPSA) is 43.9 Å². The summed E-state index contributed by atoms with van der Waals surface area (Å²) in [7, 11) is 0. The van der Waals surface area contributed by atoms with Crippen molar-refractivity contribution in [2.45, 2.75) is 5.16 Å². The lowest BCUT2D eigenvalue weighted by molar-refractivity contribution is 0.575. The van der Waals surface area contributed by atoms with Crippen LogP contribution in [0.3, 0.4) is 0 Å². The van der Waals surface area contributed by atoms with Gasteiger partial charge in [-0.2, -0.15) is 0 Å². The van der Waals surface area contributed by atoms with Gasteiger partial charge in [0.25, 0.3) is 0 Å². The number of aromatic nitrogens is 3. The molecule has 0 bridgehead atoms. The third kappa shape index (κ3) is 3.04. The van der Waals surface area contributed by atoms with Crippen molar-refractivity contribution < 1.29 is 4.42 Å². The maximum Gasteiger partial charge on any atom is 0.205 e. The number of thioether (sulfide) groups is 1. The van der Waals surface area contributed by atoms with Crippen LogP contribution in [0.2, 0.25) is 0 Å². The molecule has 2 heterocycles. The number of para-hydroxylation sites is 1. The number of nitrogens with zero attached hydrogens (tertiary/aromatic N) is 3. The number of hydrogen-bond acceptors (Lipinski definition) is 4. The Hall–Kier alpha value is -1.98. The summed E-state index contributed by atoms with van der Waals surface area (Å²) in [5.74, 6) is 1.90. The van der Waals surface area contributed by atoms with Crippen LogP contribution >= 0.6 is 23.4 Å². The average molecular weight is 318 g/mol. The van der Waals surface area contributed by atoms with Crippen molar-refractivity contribution in [1.82, 2.24) is 14.8 Å². The van der Waals surface area contributed by atoms with Gasteiger partial charge in [0.1, 0.15) is 0 Å². The van der Waals surface area contributed by atoms with Crippen LogP contribution in [0.1, 0.15) is 0 Å². The number of furan rings is 1. The second kappa shape index (κ2) is 6.20. The zero-order chi connectivity index (χ0) is 14.7. The summed E-state index contributed by atoms with van der Waals surface area (Å²) in [6.07, 6.45) is 1.62. The van der Waals surface area contributed by atoms with E-state index in [1.165, 1.54) is 11.8 Å². The fourth-order valence-electron chi connectivity index (χ4n) is 1.88. The van der Waals surface area contributed by atoms with E-state index in [-0.39, 0.29) is 0 Å². The molecule has 3 aromatic rings. The van der Waals surface area contributed by atoms with E-state index in [4.69, 9.17) is 16.0 Å². The molecule has 3 rings (SSSR count). The fraction of sp³-hybridized carbons (Fsp3) is 0.0667. The van der Waals surface area contributed by atoms with Gasteiger partial charge in [0, 0.05) is 16.5 Å². The molecule has 0 saturated heterocycles. The number of hydrogen-bond donors (Lipinski definition) is 0. The molecule has 0 aliphatic carbocycles. The first-order valence-corrected chi connectivity index (χ1v) is 7.63. The van der Waals surface area contributed by atoms with E-state index in [1.807, 2.05) is 47.0 Å². The van der Waals surface area contributed by atoms with Crippen molar-refractivity contribution >= 4 is 23.4 Å². The summed E-state index contributed by atoms with van der Waals surface area (Å²) < 4.78 is 7.39. The van der Waals surface area contributed by atoms with Crippen molar-refractivity contribution in [2.24, 2.45) is 0 Å². The van der Waals surface area contributed by atoms with Crippen LogP contribution in [0.25, 0.3) is 17.3 Å². The predicted molar refractivity (Wildman–Crippen MR) is 84.8 cm³/mol. The molecule has 0 aliphatic rings. The first-order valence-electron chi connectivity index (χ1n) is 6.26. The summed E-state index contributed by atoms with van der Waals surface area (Å²) in [6.45, 7) is 3.70. The Morgan fingerprint density at radius 1 is 1.19 bits per heavy atom. The molecule has 106 valence electrons. The molecule has 0 aliphatic heterocycles. The minimum atomic E-state index is 0.571. The van der Waals surface area contributed by atoms with Crippen LogP contribution in [0, 0.1) is 0 Å². The standard InChI is InChI=1S/C15H12ClN3OS/c1-11(16)10-21-15-18-17-14(13-8-5-9-20-13)19(15)12-6-3-2-4-7-12/h2-9H,1,10H2. The number of benzene rings is 1. The highest BCUT2D eigenvalue weighted by Crippen LogP contribution is 2.29. The van der Waals surface area contributed by atoms with Crippen LogP contribution in [0.4, 0.5) is 0 Å². The largest absolute Gasteiger partial charge is 0.461 e. The molecule has 2 aromatic heterocycles. The average Bonchev–Trinajstić information content (AvgIpc) is 3.15. The van der Waals surface area contributed by atoms with Gasteiger partial charge >= 0.3 is 0 Å². The molecular weight excluding hydrogens is 306 g/mol. The summed E-state index contributed by atoms with van der Waals surface area (Å²) in [4.78, 5) is 0. The Balaban J connectivity index is 2.08. The monoisotopic (exact) mass is 317 g/mol. The molecule has 6 heteroatoms. The molecule has 0 saturated carbocycles. The maximum absolute atomic E-state index is 5.84. The quantitative estimate of drug-likeness (QED) is 0.655. The van der Waals surface area contributed by atoms with Crippen LogP contribution in [0.5, 0.6) is 0 Å². The van der Waals surface area contributed by atoms with Gasteiger partial charge in [0.15, 0.2) is 10.9 Å². The highest BCUT2D eigenvalue weighted by molar-refractivity contribution is 7.99. The van der Waals surface area contributed by atoms with Crippen LogP contribution in [0.15, 0.2) is 69.9 Å². The van der Waals surface area contributed by atoms with Crippen LogP contribution in [-0.2, 0) is 0 Å². The van der Waals surface area contributed by atoms with E-state index in [1.54, 1.807) is 6.26 Å². The Bertz CT molecular complexity index is 738. The van der Waals surface area contributed by atoms with Gasteiger partial charge < -0.3 is 4.42 Å². The Labute approximate surface area is 131 Å². The second-order valence-electron chi connectivity index (χ2n) is 4.26. The second-order valence-corrected chi connectivity index (χ2v) is 5.74. The lowest BCUT2D eigenvalue weighted by Gasteiger charge is -2.08. The van der Waals surface area contributed by atoms with Gasteiger partial charge in [-0.3, -0.25) is 4.57 Å². The zero-order valence-electron chi connectivity index (χ0n) is 11.1. The van der Waals surface area contributed by atoms with E-state index < -0.39 is 0 Å². The van der Waals surface area contributed by atoms with Gasteiger partial charge in [-0.15, -0.1) is 10.2 Å². The van der Waals surface area contributed by atoms with E-state index in [0.717, 1.165) is 10.8 Å². The minimum absolute atomic E-state index is 0.571. The van der Waals surface area contributed by atoms with E-state index >= 15 is 0 Å². The highest BCUT2D eigenvalue weighted by Gasteiger charge is 2.17. The van der Waals surface area contributed by atoms with Crippen molar-refractivity contribution in [3.8, 4) is 17.3 Å². The molecule has 4 nitrogen and oxygen atoms in total. The van der Waals surface area contributed by atoms with Gasteiger partial charge in [-0.1, -0.05) is 48.1 Å². The van der Waals surface area contributed by atoms with Gasteiger partial charge in [0.2, 0.25) is 5.82 Å². The van der Waals surface area contributed by atoms with Crippen LogP contribution in [-0.4, -0.2) is 20.5 Å². The molecule has 0 N–H and O–H groups in total. The summed E-state index contributed by atoms with van der Waals surface area (Å²) in [6, 6.07) is 13.6. The smallest absolute Gasteiger partial charge is 0.205 e. The molecule has 1 aromatic carbocycles. The Morgan fingerprint density at radius 2 is 2.00 bits per heavy atom. The molecule has 0 radical (unpaired) electrons. The summed E-state index contributed by atoms with van der Waals surface area (Å²) in [5, 5.41) is 9.79. The molecule has 0 spiro atoms. The van der Waals surface area contributed by atoms with Gasteiger partial charge in [0.05, 0.1) is 6.26 Å². The SMILES string of the molecule is C=C(Cl)CSc1nnc(-c2ccco2)n1-c1ccccc1. The van der Waals surface area contributed by atoms with Gasteiger partial charge in [-0.05, 0) is 24.3 Å². The lowest BCUT2D eigenvalue weighted by Crippen LogP contribution is -1.99. The summed E-state index contributed by atoms with van der Waals surface area (Å²) >= 11 is 7.33. The molecule has 0 atom stereocenters. The number of halogens is 1. The van der Waals surface area contributed by atoms with Crippen molar-refractivity contribution in [3.63, 3.8) is 0 Å². The van der Waals surface area contributed by atoms with Crippen LogP contribution < -0.4 is 0 Å². The first kappa shape index (κ1) is 14.0. The molecule has 0 amide bonds. The molecular formula is C15H12ClN3OS. The van der Waals surface area contributed by atoms with Crippen molar-refractivity contribution in [1.29, 1.82) is 0 Å². The Morgan fingerprint density at radius 3 is 2.67 bits per heavy atom. The minimum Gasteiger partial charge on any atom is -0.461 e. The summed E-state index contributed by atoms with van der Waals surface area (Å²) in [5.41, 5.74) is 0.969.